The molecule has 2 saturated heterocycles. The molecule has 2 aliphatic rings. The van der Waals surface area contributed by atoms with E-state index in [-0.39, 0.29) is 5.92 Å². The summed E-state index contributed by atoms with van der Waals surface area (Å²) in [5.74, 6) is 0.541. The Morgan fingerprint density at radius 3 is 2.93 bits per heavy atom. The van der Waals surface area contributed by atoms with Crippen molar-refractivity contribution < 1.29 is 9.13 Å². The van der Waals surface area contributed by atoms with Gasteiger partial charge in [0, 0.05) is 56.4 Å². The van der Waals surface area contributed by atoms with Crippen molar-refractivity contribution in [1.82, 2.24) is 30.0 Å². The largest absolute Gasteiger partial charge is 0.381 e. The van der Waals surface area contributed by atoms with Crippen LogP contribution in [0.1, 0.15) is 25.3 Å². The van der Waals surface area contributed by atoms with Crippen molar-refractivity contribution in [3.05, 3.63) is 30.9 Å². The lowest BCUT2D eigenvalue weighted by Gasteiger charge is -2.27. The lowest BCUT2D eigenvalue weighted by Crippen LogP contribution is -2.41. The van der Waals surface area contributed by atoms with Crippen molar-refractivity contribution in [2.24, 2.45) is 5.92 Å². The molecule has 0 amide bonds. The number of nitrogens with zero attached hydrogens (tertiary/aromatic N) is 5. The molecule has 2 atom stereocenters. The molecule has 3 aromatic rings. The van der Waals surface area contributed by atoms with Gasteiger partial charge in [0.15, 0.2) is 5.82 Å². The predicted octanol–water partition coefficient (Wildman–Crippen LogP) is 2.60. The van der Waals surface area contributed by atoms with Crippen LogP contribution in [0.2, 0.25) is 0 Å². The molecule has 2 N–H and O–H groups in total. The van der Waals surface area contributed by atoms with Crippen LogP contribution in [-0.4, -0.2) is 63.8 Å². The predicted molar refractivity (Wildman–Crippen MR) is 112 cm³/mol. The van der Waals surface area contributed by atoms with E-state index >= 15 is 0 Å². The van der Waals surface area contributed by atoms with Gasteiger partial charge in [-0.05, 0) is 31.9 Å². The SMILES string of the molecule is FC1CCNCC1CNc1nc(-c2cnn(C3CCOCC3)c2)cc2nccnc12. The molecular weight excluding hydrogens is 385 g/mol. The highest BCUT2D eigenvalue weighted by molar-refractivity contribution is 5.88. The Bertz CT molecular complexity index is 1000. The lowest BCUT2D eigenvalue weighted by atomic mass is 9.97. The Labute approximate surface area is 174 Å². The van der Waals surface area contributed by atoms with Crippen LogP contribution < -0.4 is 10.6 Å². The van der Waals surface area contributed by atoms with Crippen molar-refractivity contribution >= 4 is 16.9 Å². The third kappa shape index (κ3) is 3.99. The molecule has 0 spiro atoms. The second kappa shape index (κ2) is 8.61. The number of anilines is 1. The molecule has 0 aliphatic carbocycles. The van der Waals surface area contributed by atoms with Gasteiger partial charge in [-0.15, -0.1) is 0 Å². The summed E-state index contributed by atoms with van der Waals surface area (Å²) in [4.78, 5) is 13.7. The molecule has 158 valence electrons. The van der Waals surface area contributed by atoms with Gasteiger partial charge >= 0.3 is 0 Å². The Morgan fingerprint density at radius 1 is 1.20 bits per heavy atom. The number of nitrogens with one attached hydrogen (secondary N) is 2. The summed E-state index contributed by atoms with van der Waals surface area (Å²) in [6.07, 6.45) is 8.86. The van der Waals surface area contributed by atoms with Gasteiger partial charge in [0.2, 0.25) is 0 Å². The van der Waals surface area contributed by atoms with Gasteiger partial charge in [-0.2, -0.15) is 5.10 Å². The molecule has 5 rings (SSSR count). The molecular formula is C21H26FN7O. The highest BCUT2D eigenvalue weighted by atomic mass is 19.1. The topological polar surface area (TPSA) is 89.8 Å². The first kappa shape index (κ1) is 19.3. The zero-order chi connectivity index (χ0) is 20.3. The van der Waals surface area contributed by atoms with Gasteiger partial charge < -0.3 is 15.4 Å². The van der Waals surface area contributed by atoms with E-state index in [9.17, 15) is 4.39 Å². The van der Waals surface area contributed by atoms with E-state index in [4.69, 9.17) is 9.72 Å². The van der Waals surface area contributed by atoms with Gasteiger partial charge in [-0.25, -0.2) is 14.4 Å². The fourth-order valence-electron chi connectivity index (χ4n) is 4.18. The Balaban J connectivity index is 1.42. The van der Waals surface area contributed by atoms with Gasteiger partial charge in [0.25, 0.3) is 0 Å². The number of pyridine rings is 1. The molecule has 9 heteroatoms. The van der Waals surface area contributed by atoms with E-state index in [1.54, 1.807) is 12.4 Å². The highest BCUT2D eigenvalue weighted by Crippen LogP contribution is 2.28. The third-order valence-electron chi connectivity index (χ3n) is 5.97. The highest BCUT2D eigenvalue weighted by Gasteiger charge is 2.25. The van der Waals surface area contributed by atoms with Crippen molar-refractivity contribution in [3.63, 3.8) is 0 Å². The summed E-state index contributed by atoms with van der Waals surface area (Å²) >= 11 is 0. The summed E-state index contributed by atoms with van der Waals surface area (Å²) < 4.78 is 21.7. The zero-order valence-corrected chi connectivity index (χ0v) is 16.8. The summed E-state index contributed by atoms with van der Waals surface area (Å²) in [7, 11) is 0. The number of alkyl halides is 1. The van der Waals surface area contributed by atoms with Gasteiger partial charge in [0.05, 0.1) is 23.4 Å². The smallest absolute Gasteiger partial charge is 0.154 e. The van der Waals surface area contributed by atoms with Gasteiger partial charge in [-0.1, -0.05) is 0 Å². The average molecular weight is 411 g/mol. The molecule has 30 heavy (non-hydrogen) atoms. The van der Waals surface area contributed by atoms with Crippen molar-refractivity contribution in [2.45, 2.75) is 31.5 Å². The second-order valence-electron chi connectivity index (χ2n) is 7.98. The average Bonchev–Trinajstić information content (AvgIpc) is 3.29. The van der Waals surface area contributed by atoms with Crippen molar-refractivity contribution in [3.8, 4) is 11.3 Å². The van der Waals surface area contributed by atoms with E-state index < -0.39 is 6.17 Å². The van der Waals surface area contributed by atoms with E-state index in [0.29, 0.717) is 36.9 Å². The van der Waals surface area contributed by atoms with Crippen molar-refractivity contribution in [1.29, 1.82) is 0 Å². The maximum atomic E-state index is 14.2. The normalized spacial score (nSPS) is 23.0. The molecule has 5 heterocycles. The maximum absolute atomic E-state index is 14.2. The van der Waals surface area contributed by atoms with Crippen LogP contribution in [0, 0.1) is 5.92 Å². The molecule has 2 aliphatic heterocycles. The van der Waals surface area contributed by atoms with E-state index in [0.717, 1.165) is 49.4 Å². The van der Waals surface area contributed by atoms with Crippen LogP contribution in [0.15, 0.2) is 30.9 Å². The number of hydrogen-bond donors (Lipinski definition) is 2. The van der Waals surface area contributed by atoms with Gasteiger partial charge in [-0.3, -0.25) is 9.67 Å². The Hall–Kier alpha value is -2.65. The molecule has 0 saturated carbocycles. The summed E-state index contributed by atoms with van der Waals surface area (Å²) in [6, 6.07) is 2.28. The minimum atomic E-state index is -0.808. The first-order valence-corrected chi connectivity index (χ1v) is 10.6. The quantitative estimate of drug-likeness (QED) is 0.667. The van der Waals surface area contributed by atoms with E-state index in [1.807, 2.05) is 23.1 Å². The van der Waals surface area contributed by atoms with Crippen LogP contribution in [0.4, 0.5) is 10.2 Å². The molecule has 2 unspecified atom stereocenters. The van der Waals surface area contributed by atoms with Crippen LogP contribution in [0.25, 0.3) is 22.3 Å². The minimum absolute atomic E-state index is 0.0906. The van der Waals surface area contributed by atoms with Crippen LogP contribution in [0.3, 0.4) is 0 Å². The van der Waals surface area contributed by atoms with Crippen molar-refractivity contribution in [2.75, 3.05) is 38.2 Å². The number of fused-ring (bicyclic) bond motifs is 1. The first-order valence-electron chi connectivity index (χ1n) is 10.6. The zero-order valence-electron chi connectivity index (χ0n) is 16.8. The summed E-state index contributed by atoms with van der Waals surface area (Å²) in [5, 5.41) is 11.2. The first-order chi connectivity index (χ1) is 14.8. The molecule has 0 aromatic carbocycles. The molecule has 2 fully saturated rings. The number of ether oxygens (including phenoxy) is 1. The number of hydrogen-bond acceptors (Lipinski definition) is 7. The standard InChI is InChI=1S/C21H26FN7O/c22-17-1-4-23-10-14(17)11-26-21-20-19(24-5-6-25-20)9-18(28-21)15-12-27-29(13-15)16-2-7-30-8-3-16/h5-6,9,12-14,16-17,23H,1-4,7-8,10-11H2,(H,26,28). The van der Waals surface area contributed by atoms with Crippen LogP contribution >= 0.6 is 0 Å². The Kier molecular flexibility index (Phi) is 5.54. The second-order valence-corrected chi connectivity index (χ2v) is 7.98. The fourth-order valence-corrected chi connectivity index (χ4v) is 4.18. The molecule has 0 bridgehead atoms. The van der Waals surface area contributed by atoms with E-state index in [1.165, 1.54) is 0 Å². The summed E-state index contributed by atoms with van der Waals surface area (Å²) in [5.41, 5.74) is 3.15. The maximum Gasteiger partial charge on any atom is 0.154 e. The summed E-state index contributed by atoms with van der Waals surface area (Å²) in [6.45, 7) is 3.43. The third-order valence-corrected chi connectivity index (χ3v) is 5.97. The fraction of sp³-hybridized carbons (Fsp3) is 0.524. The number of rotatable bonds is 5. The van der Waals surface area contributed by atoms with Gasteiger partial charge in [0.1, 0.15) is 11.7 Å². The monoisotopic (exact) mass is 411 g/mol. The van der Waals surface area contributed by atoms with Crippen LogP contribution in [-0.2, 0) is 4.74 Å². The Morgan fingerprint density at radius 2 is 2.07 bits per heavy atom. The molecule has 0 radical (unpaired) electrons. The van der Waals surface area contributed by atoms with E-state index in [2.05, 4.69) is 25.7 Å². The number of halogens is 1. The minimum Gasteiger partial charge on any atom is -0.381 e. The lowest BCUT2D eigenvalue weighted by molar-refractivity contribution is 0.0662. The molecule has 8 nitrogen and oxygen atoms in total. The number of aromatic nitrogens is 5. The number of piperidine rings is 1. The molecule has 3 aromatic heterocycles. The van der Waals surface area contributed by atoms with Crippen LogP contribution in [0.5, 0.6) is 0 Å².